The summed E-state index contributed by atoms with van der Waals surface area (Å²) in [5, 5.41) is 12.4. The second-order valence-corrected chi connectivity index (χ2v) is 6.69. The fourth-order valence-electron chi connectivity index (χ4n) is 2.59. The lowest BCUT2D eigenvalue weighted by molar-refractivity contribution is -0.137. The molecule has 2 aromatic carbocycles. The number of hydrogen-bond acceptors (Lipinski definition) is 3. The van der Waals surface area contributed by atoms with Crippen LogP contribution in [0.25, 0.3) is 0 Å². The van der Waals surface area contributed by atoms with Crippen LogP contribution in [0.2, 0.25) is 5.02 Å². The largest absolute Gasteiger partial charge is 0.483 e. The minimum absolute atomic E-state index is 0.187. The van der Waals surface area contributed by atoms with Gasteiger partial charge in [-0.15, -0.1) is 0 Å². The van der Waals surface area contributed by atoms with Crippen molar-refractivity contribution in [3.05, 3.63) is 64.7 Å². The molecule has 5 nitrogen and oxygen atoms in total. The van der Waals surface area contributed by atoms with Crippen LogP contribution in [0.4, 0.5) is 0 Å². The molecule has 6 heteroatoms. The summed E-state index contributed by atoms with van der Waals surface area (Å²) in [6.45, 7) is 3.91. The first-order valence-corrected chi connectivity index (χ1v) is 8.73. The second-order valence-electron chi connectivity index (χ2n) is 6.25. The van der Waals surface area contributed by atoms with E-state index in [2.05, 4.69) is 5.32 Å². The number of rotatable bonds is 8. The summed E-state index contributed by atoms with van der Waals surface area (Å²) in [5.41, 5.74) is 1.69. The Kier molecular flexibility index (Phi) is 7.04. The molecule has 2 rings (SSSR count). The molecule has 1 amide bonds. The van der Waals surface area contributed by atoms with Gasteiger partial charge >= 0.3 is 5.97 Å². The molecular formula is C20H22ClNO4. The van der Waals surface area contributed by atoms with Crippen LogP contribution in [-0.4, -0.2) is 23.6 Å². The van der Waals surface area contributed by atoms with Crippen molar-refractivity contribution < 1.29 is 19.4 Å². The predicted molar refractivity (Wildman–Crippen MR) is 101 cm³/mol. The van der Waals surface area contributed by atoms with Gasteiger partial charge in [-0.2, -0.15) is 0 Å². The third kappa shape index (κ3) is 5.77. The molecule has 0 saturated heterocycles. The second kappa shape index (κ2) is 9.25. The smallest absolute Gasteiger partial charge is 0.305 e. The van der Waals surface area contributed by atoms with E-state index in [0.29, 0.717) is 16.3 Å². The number of carboxylic acids is 1. The molecule has 138 valence electrons. The van der Waals surface area contributed by atoms with Gasteiger partial charge in [0.2, 0.25) is 0 Å². The van der Waals surface area contributed by atoms with Crippen LogP contribution in [0.5, 0.6) is 5.75 Å². The lowest BCUT2D eigenvalue weighted by atomic mass is 10.0. The van der Waals surface area contributed by atoms with E-state index in [1.165, 1.54) is 0 Å². The molecule has 0 aromatic heterocycles. The number of amides is 1. The van der Waals surface area contributed by atoms with Gasteiger partial charge in [-0.05, 0) is 35.2 Å². The minimum Gasteiger partial charge on any atom is -0.483 e. The number of halogens is 1. The first-order chi connectivity index (χ1) is 12.4. The summed E-state index contributed by atoms with van der Waals surface area (Å²) in [6, 6.07) is 13.6. The number of ether oxygens (including phenoxy) is 1. The van der Waals surface area contributed by atoms with Crippen molar-refractivity contribution >= 4 is 23.5 Å². The Morgan fingerprint density at radius 1 is 1.12 bits per heavy atom. The molecule has 2 aromatic rings. The summed E-state index contributed by atoms with van der Waals surface area (Å²) in [5.74, 6) is -0.469. The Morgan fingerprint density at radius 3 is 2.38 bits per heavy atom. The van der Waals surface area contributed by atoms with Gasteiger partial charge in [-0.25, -0.2) is 0 Å². The average molecular weight is 376 g/mol. The van der Waals surface area contributed by atoms with Crippen molar-refractivity contribution in [1.29, 1.82) is 0 Å². The maximum absolute atomic E-state index is 12.3. The van der Waals surface area contributed by atoms with Gasteiger partial charge in [0.1, 0.15) is 5.75 Å². The van der Waals surface area contributed by atoms with E-state index in [1.807, 2.05) is 38.1 Å². The lowest BCUT2D eigenvalue weighted by Gasteiger charge is -2.19. The summed E-state index contributed by atoms with van der Waals surface area (Å²) >= 11 is 5.86. The van der Waals surface area contributed by atoms with Gasteiger partial charge in [-0.3, -0.25) is 9.59 Å². The summed E-state index contributed by atoms with van der Waals surface area (Å²) < 4.78 is 5.64. The van der Waals surface area contributed by atoms with Crippen LogP contribution in [0, 0.1) is 0 Å². The van der Waals surface area contributed by atoms with Crippen molar-refractivity contribution in [2.75, 3.05) is 6.61 Å². The third-order valence-electron chi connectivity index (χ3n) is 3.89. The quantitative estimate of drug-likeness (QED) is 0.725. The SMILES string of the molecule is CC(C)c1ccccc1OCC(=O)N[C@H](CC(=O)O)c1ccc(Cl)cc1. The number of para-hydroxylation sites is 1. The van der Waals surface area contributed by atoms with E-state index in [0.717, 1.165) is 5.56 Å². The highest BCUT2D eigenvalue weighted by Crippen LogP contribution is 2.26. The van der Waals surface area contributed by atoms with Crippen LogP contribution >= 0.6 is 11.6 Å². The molecule has 0 bridgehead atoms. The van der Waals surface area contributed by atoms with Crippen molar-refractivity contribution in [3.63, 3.8) is 0 Å². The number of hydrogen-bond donors (Lipinski definition) is 2. The monoisotopic (exact) mass is 375 g/mol. The van der Waals surface area contributed by atoms with E-state index >= 15 is 0 Å². The van der Waals surface area contributed by atoms with Crippen molar-refractivity contribution in [1.82, 2.24) is 5.32 Å². The molecule has 0 aliphatic rings. The number of carboxylic acid groups (broad SMARTS) is 1. The number of aliphatic carboxylic acids is 1. The molecule has 1 atom stereocenters. The summed E-state index contributed by atoms with van der Waals surface area (Å²) in [7, 11) is 0. The van der Waals surface area contributed by atoms with E-state index < -0.39 is 12.0 Å². The average Bonchev–Trinajstić information content (AvgIpc) is 2.60. The molecule has 0 radical (unpaired) electrons. The van der Waals surface area contributed by atoms with Crippen LogP contribution in [-0.2, 0) is 9.59 Å². The zero-order valence-corrected chi connectivity index (χ0v) is 15.5. The highest BCUT2D eigenvalue weighted by Gasteiger charge is 2.19. The maximum Gasteiger partial charge on any atom is 0.305 e. The zero-order chi connectivity index (χ0) is 19.1. The normalized spacial score (nSPS) is 11.8. The third-order valence-corrected chi connectivity index (χ3v) is 4.14. The lowest BCUT2D eigenvalue weighted by Crippen LogP contribution is -2.34. The van der Waals surface area contributed by atoms with Crippen molar-refractivity contribution in [2.45, 2.75) is 32.2 Å². The summed E-state index contributed by atoms with van der Waals surface area (Å²) in [6.07, 6.45) is -0.226. The molecule has 0 saturated carbocycles. The van der Waals surface area contributed by atoms with Gasteiger partial charge in [0.05, 0.1) is 12.5 Å². The van der Waals surface area contributed by atoms with Crippen LogP contribution in [0.1, 0.15) is 43.4 Å². The Bertz CT molecular complexity index is 759. The number of carbonyl (C=O) groups excluding carboxylic acids is 1. The van der Waals surface area contributed by atoms with Crippen LogP contribution in [0.3, 0.4) is 0 Å². The van der Waals surface area contributed by atoms with Crippen molar-refractivity contribution in [2.24, 2.45) is 0 Å². The molecule has 26 heavy (non-hydrogen) atoms. The van der Waals surface area contributed by atoms with Crippen molar-refractivity contribution in [3.8, 4) is 5.75 Å². The Labute approximate surface area is 157 Å². The predicted octanol–water partition coefficient (Wildman–Crippen LogP) is 4.17. The topological polar surface area (TPSA) is 75.6 Å². The van der Waals surface area contributed by atoms with E-state index in [-0.39, 0.29) is 24.9 Å². The Morgan fingerprint density at radius 2 is 1.77 bits per heavy atom. The standard InChI is InChI=1S/C20H22ClNO4/c1-13(2)16-5-3-4-6-18(16)26-12-19(23)22-17(11-20(24)25)14-7-9-15(21)10-8-14/h3-10,13,17H,11-12H2,1-2H3,(H,22,23)(H,24,25)/t17-/m1/s1. The van der Waals surface area contributed by atoms with Gasteiger partial charge in [0, 0.05) is 5.02 Å². The number of nitrogens with one attached hydrogen (secondary N) is 1. The first kappa shape index (κ1) is 19.8. The Balaban J connectivity index is 2.03. The van der Waals surface area contributed by atoms with E-state index in [1.54, 1.807) is 24.3 Å². The fourth-order valence-corrected chi connectivity index (χ4v) is 2.72. The van der Waals surface area contributed by atoms with Gasteiger partial charge in [0.25, 0.3) is 5.91 Å². The molecule has 2 N–H and O–H groups in total. The van der Waals surface area contributed by atoms with Gasteiger partial charge in [-0.1, -0.05) is 55.8 Å². The molecule has 0 aliphatic carbocycles. The minimum atomic E-state index is -1.00. The van der Waals surface area contributed by atoms with Gasteiger partial charge < -0.3 is 15.2 Å². The molecular weight excluding hydrogens is 354 g/mol. The molecule has 0 fully saturated rings. The number of carbonyl (C=O) groups is 2. The van der Waals surface area contributed by atoms with Gasteiger partial charge in [0.15, 0.2) is 6.61 Å². The fraction of sp³-hybridized carbons (Fsp3) is 0.300. The van der Waals surface area contributed by atoms with Crippen LogP contribution in [0.15, 0.2) is 48.5 Å². The highest BCUT2D eigenvalue weighted by atomic mass is 35.5. The summed E-state index contributed by atoms with van der Waals surface area (Å²) in [4.78, 5) is 23.4. The first-order valence-electron chi connectivity index (χ1n) is 8.35. The molecule has 0 unspecified atom stereocenters. The molecule has 0 aliphatic heterocycles. The van der Waals surface area contributed by atoms with Crippen LogP contribution < -0.4 is 10.1 Å². The highest BCUT2D eigenvalue weighted by molar-refractivity contribution is 6.30. The number of benzene rings is 2. The molecule has 0 spiro atoms. The van der Waals surface area contributed by atoms with E-state index in [9.17, 15) is 9.59 Å². The Hall–Kier alpha value is -2.53. The molecule has 0 heterocycles. The zero-order valence-electron chi connectivity index (χ0n) is 14.7. The maximum atomic E-state index is 12.3. The van der Waals surface area contributed by atoms with E-state index in [4.69, 9.17) is 21.4 Å².